The van der Waals surface area contributed by atoms with Gasteiger partial charge in [-0.05, 0) is 13.3 Å². The number of methoxy groups -OCH3 is 2. The first kappa shape index (κ1) is 20.8. The number of thiazole rings is 1. The van der Waals surface area contributed by atoms with Crippen LogP contribution in [0, 0.1) is 0 Å². The largest absolute Gasteiger partial charge is 0.382 e. The van der Waals surface area contributed by atoms with Gasteiger partial charge in [-0.1, -0.05) is 0 Å². The van der Waals surface area contributed by atoms with Crippen molar-refractivity contribution in [1.29, 1.82) is 0 Å². The third-order valence-corrected chi connectivity index (χ3v) is 4.48. The molecular formula is C16H30N4O3S. The molecule has 0 saturated carbocycles. The summed E-state index contributed by atoms with van der Waals surface area (Å²) >= 11 is 1.62. The molecule has 1 aromatic rings. The lowest BCUT2D eigenvalue weighted by Gasteiger charge is -2.21. The maximum Gasteiger partial charge on any atom is 0.193 e. The Hall–Kier alpha value is -1.22. The van der Waals surface area contributed by atoms with E-state index in [0.717, 1.165) is 29.6 Å². The number of guanidine groups is 1. The van der Waals surface area contributed by atoms with Crippen LogP contribution >= 0.6 is 11.3 Å². The molecule has 0 bridgehead atoms. The van der Waals surface area contributed by atoms with E-state index < -0.39 is 0 Å². The van der Waals surface area contributed by atoms with Crippen LogP contribution in [0.1, 0.15) is 30.2 Å². The molecule has 0 aliphatic heterocycles. The number of aliphatic imine (C=N–C) groups is 1. The quantitative estimate of drug-likeness (QED) is 0.370. The van der Waals surface area contributed by atoms with Crippen molar-refractivity contribution in [2.45, 2.75) is 26.0 Å². The Kier molecular flexibility index (Phi) is 10.6. The number of ether oxygens (including phenoxy) is 3. The average molecular weight is 359 g/mol. The zero-order chi connectivity index (χ0) is 17.8. The van der Waals surface area contributed by atoms with Crippen LogP contribution in [-0.4, -0.2) is 70.5 Å². The highest BCUT2D eigenvalue weighted by Crippen LogP contribution is 2.20. The number of nitrogens with zero attached hydrogens (tertiary/aromatic N) is 3. The fourth-order valence-corrected chi connectivity index (χ4v) is 2.85. The molecule has 1 heterocycles. The zero-order valence-electron chi connectivity index (χ0n) is 15.4. The van der Waals surface area contributed by atoms with E-state index in [4.69, 9.17) is 14.2 Å². The van der Waals surface area contributed by atoms with Gasteiger partial charge in [-0.3, -0.25) is 4.99 Å². The zero-order valence-corrected chi connectivity index (χ0v) is 16.2. The van der Waals surface area contributed by atoms with Gasteiger partial charge in [-0.15, -0.1) is 11.3 Å². The van der Waals surface area contributed by atoms with E-state index in [-0.39, 0.29) is 6.10 Å². The molecule has 0 spiro atoms. The van der Waals surface area contributed by atoms with Crippen molar-refractivity contribution >= 4 is 17.3 Å². The van der Waals surface area contributed by atoms with Gasteiger partial charge in [-0.25, -0.2) is 4.98 Å². The molecular weight excluding hydrogens is 328 g/mol. The summed E-state index contributed by atoms with van der Waals surface area (Å²) in [5.74, 6) is 0.848. The smallest absolute Gasteiger partial charge is 0.193 e. The molecule has 1 aromatic heterocycles. The van der Waals surface area contributed by atoms with Crippen molar-refractivity contribution in [3.05, 3.63) is 16.1 Å². The van der Waals surface area contributed by atoms with E-state index in [9.17, 15) is 0 Å². The molecule has 1 atom stereocenters. The van der Waals surface area contributed by atoms with Crippen LogP contribution in [0.5, 0.6) is 0 Å². The summed E-state index contributed by atoms with van der Waals surface area (Å²) in [5.41, 5.74) is 1.02. The molecule has 24 heavy (non-hydrogen) atoms. The Labute approximate surface area is 149 Å². The second kappa shape index (κ2) is 12.2. The summed E-state index contributed by atoms with van der Waals surface area (Å²) in [5, 5.41) is 6.40. The summed E-state index contributed by atoms with van der Waals surface area (Å²) in [7, 11) is 7.16. The molecule has 0 aliphatic carbocycles. The Morgan fingerprint density at radius 3 is 2.83 bits per heavy atom. The predicted octanol–water partition coefficient (Wildman–Crippen LogP) is 1.91. The van der Waals surface area contributed by atoms with Gasteiger partial charge < -0.3 is 24.4 Å². The summed E-state index contributed by atoms with van der Waals surface area (Å²) in [6, 6.07) is 0. The standard InChI is InChI=1S/C16H30N4O3S/c1-13(22-5)15-19-14(12-24-15)11-20(3)16(17-2)18-7-6-8-23-10-9-21-4/h12-13H,6-11H2,1-5H3,(H,17,18). The lowest BCUT2D eigenvalue weighted by Crippen LogP contribution is -2.39. The third kappa shape index (κ3) is 7.57. The fraction of sp³-hybridized carbons (Fsp3) is 0.750. The first-order valence-electron chi connectivity index (χ1n) is 8.07. The molecule has 0 fully saturated rings. The molecule has 0 aliphatic rings. The molecule has 0 aromatic carbocycles. The van der Waals surface area contributed by atoms with Gasteiger partial charge in [0.05, 0.1) is 25.5 Å². The van der Waals surface area contributed by atoms with Gasteiger partial charge >= 0.3 is 0 Å². The molecule has 138 valence electrons. The lowest BCUT2D eigenvalue weighted by molar-refractivity contribution is 0.0698. The highest BCUT2D eigenvalue weighted by Gasteiger charge is 2.12. The molecule has 1 N–H and O–H groups in total. The Balaban J connectivity index is 2.33. The lowest BCUT2D eigenvalue weighted by atomic mass is 10.4. The minimum absolute atomic E-state index is 0.0320. The molecule has 8 heteroatoms. The van der Waals surface area contributed by atoms with Crippen LogP contribution in [0.4, 0.5) is 0 Å². The minimum Gasteiger partial charge on any atom is -0.382 e. The molecule has 1 rings (SSSR count). The van der Waals surface area contributed by atoms with Gasteiger partial charge in [0.15, 0.2) is 5.96 Å². The van der Waals surface area contributed by atoms with E-state index in [0.29, 0.717) is 26.4 Å². The van der Waals surface area contributed by atoms with E-state index in [1.54, 1.807) is 32.6 Å². The summed E-state index contributed by atoms with van der Waals surface area (Å²) in [4.78, 5) is 11.0. The van der Waals surface area contributed by atoms with E-state index in [2.05, 4.69) is 25.6 Å². The van der Waals surface area contributed by atoms with Crippen molar-refractivity contribution in [1.82, 2.24) is 15.2 Å². The van der Waals surface area contributed by atoms with Crippen molar-refractivity contribution < 1.29 is 14.2 Å². The van der Waals surface area contributed by atoms with Crippen molar-refractivity contribution in [2.75, 3.05) is 54.7 Å². The first-order valence-corrected chi connectivity index (χ1v) is 8.95. The van der Waals surface area contributed by atoms with Crippen LogP contribution in [0.2, 0.25) is 0 Å². The van der Waals surface area contributed by atoms with Gasteiger partial charge in [0.1, 0.15) is 11.1 Å². The maximum absolute atomic E-state index is 5.44. The highest BCUT2D eigenvalue weighted by molar-refractivity contribution is 7.09. The third-order valence-electron chi connectivity index (χ3n) is 3.42. The number of hydrogen-bond donors (Lipinski definition) is 1. The van der Waals surface area contributed by atoms with E-state index in [1.165, 1.54) is 0 Å². The van der Waals surface area contributed by atoms with Crippen molar-refractivity contribution in [2.24, 2.45) is 4.99 Å². The Bertz CT molecular complexity index is 482. The van der Waals surface area contributed by atoms with Gasteiger partial charge in [-0.2, -0.15) is 0 Å². The molecule has 1 unspecified atom stereocenters. The molecule has 7 nitrogen and oxygen atoms in total. The van der Waals surface area contributed by atoms with Crippen LogP contribution in [0.15, 0.2) is 10.4 Å². The number of hydrogen-bond acceptors (Lipinski definition) is 6. The van der Waals surface area contributed by atoms with Crippen LogP contribution < -0.4 is 5.32 Å². The van der Waals surface area contributed by atoms with E-state index in [1.807, 2.05) is 14.0 Å². The molecule has 0 amide bonds. The van der Waals surface area contributed by atoms with Crippen molar-refractivity contribution in [3.63, 3.8) is 0 Å². The summed E-state index contributed by atoms with van der Waals surface area (Å²) in [6.07, 6.45) is 0.951. The topological polar surface area (TPSA) is 68.2 Å². The van der Waals surface area contributed by atoms with Gasteiger partial charge in [0.2, 0.25) is 0 Å². The fourth-order valence-electron chi connectivity index (χ4n) is 2.00. The Morgan fingerprint density at radius 2 is 2.17 bits per heavy atom. The predicted molar refractivity (Wildman–Crippen MR) is 97.7 cm³/mol. The van der Waals surface area contributed by atoms with E-state index >= 15 is 0 Å². The van der Waals surface area contributed by atoms with Gasteiger partial charge in [0.25, 0.3) is 0 Å². The van der Waals surface area contributed by atoms with Crippen LogP contribution in [-0.2, 0) is 20.8 Å². The second-order valence-corrected chi connectivity index (χ2v) is 6.23. The number of nitrogens with one attached hydrogen (secondary N) is 1. The normalized spacial score (nSPS) is 13.1. The maximum atomic E-state index is 5.44. The molecule has 0 saturated heterocycles. The minimum atomic E-state index is 0.0320. The Morgan fingerprint density at radius 1 is 1.38 bits per heavy atom. The summed E-state index contributed by atoms with van der Waals surface area (Å²) in [6.45, 7) is 5.50. The average Bonchev–Trinajstić information content (AvgIpc) is 3.05. The highest BCUT2D eigenvalue weighted by atomic mass is 32.1. The second-order valence-electron chi connectivity index (χ2n) is 5.34. The molecule has 0 radical (unpaired) electrons. The van der Waals surface area contributed by atoms with Gasteiger partial charge in [0, 0.05) is 46.8 Å². The summed E-state index contributed by atoms with van der Waals surface area (Å²) < 4.78 is 15.7. The van der Waals surface area contributed by atoms with Crippen LogP contribution in [0.3, 0.4) is 0 Å². The van der Waals surface area contributed by atoms with Crippen LogP contribution in [0.25, 0.3) is 0 Å². The monoisotopic (exact) mass is 358 g/mol. The number of rotatable bonds is 11. The SMILES string of the molecule is CN=C(NCCCOCCOC)N(C)Cc1csc(C(C)OC)n1. The number of aromatic nitrogens is 1. The van der Waals surface area contributed by atoms with Crippen molar-refractivity contribution in [3.8, 4) is 0 Å². The first-order chi connectivity index (χ1) is 11.6.